The van der Waals surface area contributed by atoms with Crippen LogP contribution in [-0.2, 0) is 10.5 Å². The van der Waals surface area contributed by atoms with Crippen molar-refractivity contribution in [2.24, 2.45) is 0 Å². The summed E-state index contributed by atoms with van der Waals surface area (Å²) in [6.45, 7) is 6.61. The number of rotatable bonds is 5. The predicted molar refractivity (Wildman–Crippen MR) is 109 cm³/mol. The first kappa shape index (κ1) is 19.6. The van der Waals surface area contributed by atoms with Crippen molar-refractivity contribution in [2.75, 3.05) is 45.3 Å². The van der Waals surface area contributed by atoms with Crippen LogP contribution in [-0.4, -0.2) is 61.2 Å². The maximum atomic E-state index is 12.5. The second-order valence-corrected chi connectivity index (χ2v) is 7.77. The molecule has 0 spiro atoms. The zero-order valence-electron chi connectivity index (χ0n) is 16.4. The third-order valence-corrected chi connectivity index (χ3v) is 5.55. The van der Waals surface area contributed by atoms with Gasteiger partial charge in [-0.2, -0.15) is 0 Å². The Bertz CT molecular complexity index is 802. The molecule has 144 valence electrons. The number of hydrogen-bond donors (Lipinski definition) is 0. The van der Waals surface area contributed by atoms with Crippen LogP contribution in [0.4, 0.5) is 5.82 Å². The van der Waals surface area contributed by atoms with Crippen LogP contribution < -0.4 is 4.90 Å². The number of carbonyl (C=O) groups is 1. The lowest BCUT2D eigenvalue weighted by Gasteiger charge is -2.26. The average molecular weight is 387 g/mol. The van der Waals surface area contributed by atoms with Gasteiger partial charge in [-0.05, 0) is 31.5 Å². The van der Waals surface area contributed by atoms with Crippen LogP contribution in [0.15, 0.2) is 29.4 Å². The van der Waals surface area contributed by atoms with Crippen LogP contribution in [0.1, 0.15) is 27.2 Å². The summed E-state index contributed by atoms with van der Waals surface area (Å²) in [5.74, 6) is 1.79. The number of carbonyl (C=O) groups excluding carboxylic acids is 1. The van der Waals surface area contributed by atoms with Crippen molar-refractivity contribution in [3.05, 3.63) is 46.6 Å². The summed E-state index contributed by atoms with van der Waals surface area (Å²) in [5, 5.41) is 0.773. The SMILES string of the molecule is Cc1nc(SCc2ccc(C(=O)N3CCOCC3)cc2)nc(N(C)C)c1C. The number of ether oxygens (including phenoxy) is 1. The molecule has 0 bridgehead atoms. The molecule has 7 heteroatoms. The molecule has 27 heavy (non-hydrogen) atoms. The lowest BCUT2D eigenvalue weighted by Crippen LogP contribution is -2.40. The number of amides is 1. The predicted octanol–water partition coefficient (Wildman–Crippen LogP) is 2.92. The molecule has 1 aromatic heterocycles. The molecule has 1 amide bonds. The highest BCUT2D eigenvalue weighted by Gasteiger charge is 2.18. The molecule has 1 aromatic carbocycles. The van der Waals surface area contributed by atoms with E-state index in [9.17, 15) is 4.79 Å². The van der Waals surface area contributed by atoms with Gasteiger partial charge in [-0.25, -0.2) is 9.97 Å². The number of hydrogen-bond acceptors (Lipinski definition) is 6. The van der Waals surface area contributed by atoms with E-state index in [2.05, 4.69) is 9.97 Å². The second-order valence-electron chi connectivity index (χ2n) is 6.82. The van der Waals surface area contributed by atoms with Crippen LogP contribution >= 0.6 is 11.8 Å². The zero-order valence-corrected chi connectivity index (χ0v) is 17.2. The molecule has 0 radical (unpaired) electrons. The number of thioether (sulfide) groups is 1. The van der Waals surface area contributed by atoms with Crippen molar-refractivity contribution >= 4 is 23.5 Å². The van der Waals surface area contributed by atoms with E-state index in [4.69, 9.17) is 4.74 Å². The summed E-state index contributed by atoms with van der Waals surface area (Å²) >= 11 is 1.61. The first-order valence-electron chi connectivity index (χ1n) is 9.07. The Morgan fingerprint density at radius 1 is 1.15 bits per heavy atom. The Morgan fingerprint density at radius 2 is 1.81 bits per heavy atom. The van der Waals surface area contributed by atoms with Gasteiger partial charge in [0.1, 0.15) is 5.82 Å². The van der Waals surface area contributed by atoms with Crippen LogP contribution in [0.3, 0.4) is 0 Å². The quantitative estimate of drug-likeness (QED) is 0.582. The number of anilines is 1. The van der Waals surface area contributed by atoms with E-state index in [1.54, 1.807) is 11.8 Å². The first-order chi connectivity index (χ1) is 13.0. The van der Waals surface area contributed by atoms with E-state index in [-0.39, 0.29) is 5.91 Å². The number of benzene rings is 1. The number of nitrogens with zero attached hydrogens (tertiary/aromatic N) is 4. The fourth-order valence-corrected chi connectivity index (χ4v) is 3.77. The Morgan fingerprint density at radius 3 is 2.44 bits per heavy atom. The Hall–Kier alpha value is -2.12. The largest absolute Gasteiger partial charge is 0.378 e. The fraction of sp³-hybridized carbons (Fsp3) is 0.450. The molecule has 2 heterocycles. The molecule has 1 aliphatic rings. The Balaban J connectivity index is 1.64. The topological polar surface area (TPSA) is 58.6 Å². The van der Waals surface area contributed by atoms with Crippen molar-refractivity contribution in [1.82, 2.24) is 14.9 Å². The normalized spacial score (nSPS) is 14.3. The van der Waals surface area contributed by atoms with Crippen molar-refractivity contribution in [2.45, 2.75) is 24.8 Å². The molecule has 6 nitrogen and oxygen atoms in total. The molecule has 1 fully saturated rings. The van der Waals surface area contributed by atoms with E-state index in [1.807, 2.05) is 62.0 Å². The monoisotopic (exact) mass is 386 g/mol. The van der Waals surface area contributed by atoms with E-state index in [1.165, 1.54) is 0 Å². The van der Waals surface area contributed by atoms with Gasteiger partial charge in [0.25, 0.3) is 5.91 Å². The smallest absolute Gasteiger partial charge is 0.254 e. The molecular formula is C20H26N4O2S. The maximum Gasteiger partial charge on any atom is 0.254 e. The van der Waals surface area contributed by atoms with Gasteiger partial charge in [-0.1, -0.05) is 23.9 Å². The molecule has 3 rings (SSSR count). The van der Waals surface area contributed by atoms with Gasteiger partial charge < -0.3 is 14.5 Å². The molecule has 2 aromatic rings. The lowest BCUT2D eigenvalue weighted by atomic mass is 10.1. The van der Waals surface area contributed by atoms with Gasteiger partial charge in [0.15, 0.2) is 5.16 Å². The van der Waals surface area contributed by atoms with Gasteiger partial charge in [0, 0.05) is 49.8 Å². The first-order valence-corrected chi connectivity index (χ1v) is 10.1. The summed E-state index contributed by atoms with van der Waals surface area (Å²) in [7, 11) is 3.99. The lowest BCUT2D eigenvalue weighted by molar-refractivity contribution is 0.0303. The zero-order chi connectivity index (χ0) is 19.4. The highest BCUT2D eigenvalue weighted by Crippen LogP contribution is 2.25. The third-order valence-electron chi connectivity index (χ3n) is 4.63. The minimum Gasteiger partial charge on any atom is -0.378 e. The molecule has 1 aliphatic heterocycles. The molecular weight excluding hydrogens is 360 g/mol. The highest BCUT2D eigenvalue weighted by atomic mass is 32.2. The van der Waals surface area contributed by atoms with E-state index >= 15 is 0 Å². The maximum absolute atomic E-state index is 12.5. The molecule has 0 N–H and O–H groups in total. The van der Waals surface area contributed by atoms with Crippen LogP contribution in [0.5, 0.6) is 0 Å². The molecule has 1 saturated heterocycles. The van der Waals surface area contributed by atoms with Crippen molar-refractivity contribution < 1.29 is 9.53 Å². The summed E-state index contributed by atoms with van der Waals surface area (Å²) < 4.78 is 5.31. The number of aryl methyl sites for hydroxylation is 1. The third kappa shape index (κ3) is 4.78. The van der Waals surface area contributed by atoms with Gasteiger partial charge >= 0.3 is 0 Å². The minimum absolute atomic E-state index is 0.0746. The van der Waals surface area contributed by atoms with Crippen LogP contribution in [0.25, 0.3) is 0 Å². The minimum atomic E-state index is 0.0746. The van der Waals surface area contributed by atoms with E-state index < -0.39 is 0 Å². The molecule has 0 unspecified atom stereocenters. The molecule has 0 saturated carbocycles. The molecule has 0 aliphatic carbocycles. The Labute approximate surface area is 164 Å². The van der Waals surface area contributed by atoms with Crippen molar-refractivity contribution in [3.63, 3.8) is 0 Å². The van der Waals surface area contributed by atoms with Gasteiger partial charge in [0.2, 0.25) is 0 Å². The summed E-state index contributed by atoms with van der Waals surface area (Å²) in [5.41, 5.74) is 3.98. The van der Waals surface area contributed by atoms with Crippen molar-refractivity contribution in [3.8, 4) is 0 Å². The molecule has 0 atom stereocenters. The summed E-state index contributed by atoms with van der Waals surface area (Å²) in [6.07, 6.45) is 0. The van der Waals surface area contributed by atoms with Crippen LogP contribution in [0.2, 0.25) is 0 Å². The van der Waals surface area contributed by atoms with Gasteiger partial charge in [-0.15, -0.1) is 0 Å². The average Bonchev–Trinajstić information content (AvgIpc) is 2.69. The Kier molecular flexibility index (Phi) is 6.34. The number of aromatic nitrogens is 2. The van der Waals surface area contributed by atoms with Gasteiger partial charge in [-0.3, -0.25) is 4.79 Å². The fourth-order valence-electron chi connectivity index (χ4n) is 2.93. The standard InChI is InChI=1S/C20H26N4O2S/c1-14-15(2)21-20(22-18(14)23(3)4)27-13-16-5-7-17(8-6-16)19(25)24-9-11-26-12-10-24/h5-8H,9-13H2,1-4H3. The number of morpholine rings is 1. The van der Waals surface area contributed by atoms with E-state index in [0.29, 0.717) is 26.3 Å². The second kappa shape index (κ2) is 8.71. The van der Waals surface area contributed by atoms with Crippen LogP contribution in [0, 0.1) is 13.8 Å². The van der Waals surface area contributed by atoms with Crippen molar-refractivity contribution in [1.29, 1.82) is 0 Å². The summed E-state index contributed by atoms with van der Waals surface area (Å²) in [6, 6.07) is 7.82. The highest BCUT2D eigenvalue weighted by molar-refractivity contribution is 7.98. The summed E-state index contributed by atoms with van der Waals surface area (Å²) in [4.78, 5) is 25.6. The van der Waals surface area contributed by atoms with Gasteiger partial charge in [0.05, 0.1) is 13.2 Å². The van der Waals surface area contributed by atoms with E-state index in [0.717, 1.165) is 39.1 Å².